The zero-order valence-electron chi connectivity index (χ0n) is 10.1. The third kappa shape index (κ3) is 6.43. The number of primary amides is 1. The molecule has 1 fully saturated rings. The van der Waals surface area contributed by atoms with E-state index in [4.69, 9.17) is 15.6 Å². The van der Waals surface area contributed by atoms with Crippen molar-refractivity contribution in [3.05, 3.63) is 0 Å². The molecule has 0 aliphatic carbocycles. The highest BCUT2D eigenvalue weighted by Gasteiger charge is 2.38. The van der Waals surface area contributed by atoms with Crippen molar-refractivity contribution in [2.45, 2.75) is 44.9 Å². The molecule has 0 aromatic carbocycles. The Morgan fingerprint density at radius 1 is 1.22 bits per heavy atom. The van der Waals surface area contributed by atoms with Gasteiger partial charge in [-0.3, -0.25) is 4.79 Å². The first-order chi connectivity index (χ1) is 8.04. The van der Waals surface area contributed by atoms with E-state index in [0.717, 1.165) is 12.8 Å². The number of nitrogens with one attached hydrogen (secondary N) is 1. The molecule has 1 aliphatic heterocycles. The van der Waals surface area contributed by atoms with Gasteiger partial charge in [-0.05, 0) is 26.7 Å². The van der Waals surface area contributed by atoms with Crippen LogP contribution in [0.5, 0.6) is 0 Å². The maximum absolute atomic E-state index is 10.8. The standard InChI is InChI=1S/C8H16N2O.C2HF3O2/c1-5-3-7(8(9)11)4-6(2)10-5;3-2(4,5)1(6)7/h5-7,10H,3-4H2,1-2H3,(H2,9,11);(H,6,7). The highest BCUT2D eigenvalue weighted by Crippen LogP contribution is 2.19. The molecule has 0 radical (unpaired) electrons. The second kappa shape index (κ2) is 6.58. The summed E-state index contributed by atoms with van der Waals surface area (Å²) in [6.45, 7) is 4.18. The highest BCUT2D eigenvalue weighted by molar-refractivity contribution is 5.76. The van der Waals surface area contributed by atoms with Crippen molar-refractivity contribution in [1.29, 1.82) is 0 Å². The van der Waals surface area contributed by atoms with E-state index in [9.17, 15) is 18.0 Å². The molecule has 106 valence electrons. The molecule has 0 aromatic rings. The van der Waals surface area contributed by atoms with Crippen LogP contribution in [-0.4, -0.2) is 35.2 Å². The lowest BCUT2D eigenvalue weighted by Crippen LogP contribution is -2.45. The summed E-state index contributed by atoms with van der Waals surface area (Å²) in [6, 6.07) is 0.854. The fourth-order valence-electron chi connectivity index (χ4n) is 1.80. The van der Waals surface area contributed by atoms with E-state index in [0.29, 0.717) is 12.1 Å². The summed E-state index contributed by atoms with van der Waals surface area (Å²) < 4.78 is 31.7. The van der Waals surface area contributed by atoms with Gasteiger partial charge in [0, 0.05) is 18.0 Å². The Balaban J connectivity index is 0.000000360. The Bertz CT molecular complexity index is 297. The van der Waals surface area contributed by atoms with Crippen molar-refractivity contribution in [3.63, 3.8) is 0 Å². The number of rotatable bonds is 1. The summed E-state index contributed by atoms with van der Waals surface area (Å²) in [7, 11) is 0. The predicted octanol–water partition coefficient (Wildman–Crippen LogP) is 0.882. The number of nitrogens with two attached hydrogens (primary N) is 1. The molecular weight excluding hydrogens is 253 g/mol. The van der Waals surface area contributed by atoms with Crippen LogP contribution in [0.3, 0.4) is 0 Å². The van der Waals surface area contributed by atoms with Gasteiger partial charge in [-0.15, -0.1) is 0 Å². The van der Waals surface area contributed by atoms with Gasteiger partial charge >= 0.3 is 12.1 Å². The SMILES string of the molecule is CC1CC(C(N)=O)CC(C)N1.O=C(O)C(F)(F)F. The van der Waals surface area contributed by atoms with E-state index in [1.54, 1.807) is 0 Å². The Hall–Kier alpha value is -1.31. The van der Waals surface area contributed by atoms with Crippen molar-refractivity contribution in [2.24, 2.45) is 11.7 Å². The van der Waals surface area contributed by atoms with Crippen LogP contribution in [0.4, 0.5) is 13.2 Å². The molecular formula is C10H17F3N2O3. The molecule has 1 aliphatic rings. The van der Waals surface area contributed by atoms with Gasteiger partial charge in [0.1, 0.15) is 0 Å². The molecule has 8 heteroatoms. The van der Waals surface area contributed by atoms with Crippen molar-refractivity contribution in [2.75, 3.05) is 0 Å². The first kappa shape index (κ1) is 16.7. The van der Waals surface area contributed by atoms with Crippen LogP contribution in [0.1, 0.15) is 26.7 Å². The molecule has 0 aromatic heterocycles. The topological polar surface area (TPSA) is 92.4 Å². The second-order valence-corrected chi connectivity index (χ2v) is 4.34. The Morgan fingerprint density at radius 2 is 1.56 bits per heavy atom. The first-order valence-electron chi connectivity index (χ1n) is 5.39. The second-order valence-electron chi connectivity index (χ2n) is 4.34. The molecule has 18 heavy (non-hydrogen) atoms. The Kier molecular flexibility index (Phi) is 6.10. The minimum atomic E-state index is -5.08. The molecule has 0 bridgehead atoms. The van der Waals surface area contributed by atoms with Gasteiger partial charge < -0.3 is 16.2 Å². The lowest BCUT2D eigenvalue weighted by molar-refractivity contribution is -0.192. The number of hydrogen-bond acceptors (Lipinski definition) is 3. The number of carboxylic acid groups (broad SMARTS) is 1. The van der Waals surface area contributed by atoms with Crippen LogP contribution in [0.2, 0.25) is 0 Å². The van der Waals surface area contributed by atoms with Gasteiger partial charge in [0.2, 0.25) is 5.91 Å². The maximum Gasteiger partial charge on any atom is 0.490 e. The fourth-order valence-corrected chi connectivity index (χ4v) is 1.80. The highest BCUT2D eigenvalue weighted by atomic mass is 19.4. The van der Waals surface area contributed by atoms with Crippen LogP contribution < -0.4 is 11.1 Å². The molecule has 0 saturated carbocycles. The molecule has 4 N–H and O–H groups in total. The lowest BCUT2D eigenvalue weighted by atomic mass is 9.89. The largest absolute Gasteiger partial charge is 0.490 e. The third-order valence-corrected chi connectivity index (χ3v) is 2.49. The molecule has 1 saturated heterocycles. The van der Waals surface area contributed by atoms with Gasteiger partial charge in [0.15, 0.2) is 0 Å². The molecule has 2 atom stereocenters. The van der Waals surface area contributed by atoms with Crippen molar-refractivity contribution in [3.8, 4) is 0 Å². The van der Waals surface area contributed by atoms with Crippen molar-refractivity contribution in [1.82, 2.24) is 5.32 Å². The van der Waals surface area contributed by atoms with Crippen molar-refractivity contribution < 1.29 is 27.9 Å². The van der Waals surface area contributed by atoms with Gasteiger partial charge in [-0.1, -0.05) is 0 Å². The summed E-state index contributed by atoms with van der Waals surface area (Å²) in [6.07, 6.45) is -3.31. The van der Waals surface area contributed by atoms with E-state index in [-0.39, 0.29) is 11.8 Å². The summed E-state index contributed by atoms with van der Waals surface area (Å²) in [5.41, 5.74) is 5.22. The third-order valence-electron chi connectivity index (χ3n) is 2.49. The zero-order chi connectivity index (χ0) is 14.5. The molecule has 1 amide bonds. The summed E-state index contributed by atoms with van der Waals surface area (Å²) >= 11 is 0. The van der Waals surface area contributed by atoms with Crippen LogP contribution in [0.25, 0.3) is 0 Å². The number of hydrogen-bond donors (Lipinski definition) is 3. The number of carboxylic acids is 1. The first-order valence-corrected chi connectivity index (χ1v) is 5.39. The van der Waals surface area contributed by atoms with Crippen LogP contribution in [0, 0.1) is 5.92 Å². The van der Waals surface area contributed by atoms with E-state index in [1.165, 1.54) is 0 Å². The van der Waals surface area contributed by atoms with E-state index in [2.05, 4.69) is 19.2 Å². The normalized spacial score (nSPS) is 27.9. The van der Waals surface area contributed by atoms with Crippen molar-refractivity contribution >= 4 is 11.9 Å². The Morgan fingerprint density at radius 3 is 1.78 bits per heavy atom. The predicted molar refractivity (Wildman–Crippen MR) is 57.7 cm³/mol. The molecule has 5 nitrogen and oxygen atoms in total. The maximum atomic E-state index is 10.8. The summed E-state index contributed by atoms with van der Waals surface area (Å²) in [5, 5.41) is 10.5. The van der Waals surface area contributed by atoms with Gasteiger partial charge in [0.05, 0.1) is 0 Å². The molecule has 1 rings (SSSR count). The quantitative estimate of drug-likeness (QED) is 0.659. The van der Waals surface area contributed by atoms with Gasteiger partial charge in [0.25, 0.3) is 0 Å². The average molecular weight is 270 g/mol. The molecule has 2 unspecified atom stereocenters. The number of aliphatic carboxylic acids is 1. The van der Waals surface area contributed by atoms with Gasteiger partial charge in [-0.25, -0.2) is 4.79 Å². The van der Waals surface area contributed by atoms with E-state index < -0.39 is 12.1 Å². The summed E-state index contributed by atoms with van der Waals surface area (Å²) in [5.74, 6) is -2.82. The number of alkyl halides is 3. The minimum absolute atomic E-state index is 0.0845. The number of amides is 1. The van der Waals surface area contributed by atoms with Crippen LogP contribution in [-0.2, 0) is 9.59 Å². The fraction of sp³-hybridized carbons (Fsp3) is 0.800. The van der Waals surface area contributed by atoms with Crippen LogP contribution >= 0.6 is 0 Å². The average Bonchev–Trinajstić information content (AvgIpc) is 2.15. The zero-order valence-corrected chi connectivity index (χ0v) is 10.1. The minimum Gasteiger partial charge on any atom is -0.475 e. The molecule has 0 spiro atoms. The van der Waals surface area contributed by atoms with E-state index >= 15 is 0 Å². The number of carbonyl (C=O) groups excluding carboxylic acids is 1. The number of halogens is 3. The summed E-state index contributed by atoms with van der Waals surface area (Å²) in [4.78, 5) is 19.7. The number of piperidine rings is 1. The molecule has 1 heterocycles. The van der Waals surface area contributed by atoms with Gasteiger partial charge in [-0.2, -0.15) is 13.2 Å². The number of carbonyl (C=O) groups is 2. The Labute approximate surface area is 103 Å². The monoisotopic (exact) mass is 270 g/mol. The lowest BCUT2D eigenvalue weighted by Gasteiger charge is -2.30. The smallest absolute Gasteiger partial charge is 0.475 e. The van der Waals surface area contributed by atoms with Crippen LogP contribution in [0.15, 0.2) is 0 Å². The van der Waals surface area contributed by atoms with E-state index in [1.807, 2.05) is 0 Å².